The second-order valence-electron chi connectivity index (χ2n) is 9.12. The van der Waals surface area contributed by atoms with Crippen LogP contribution in [0.4, 0.5) is 5.82 Å². The molecule has 1 amide bonds. The Labute approximate surface area is 207 Å². The highest BCUT2D eigenvalue weighted by atomic mass is 16.2. The first-order chi connectivity index (χ1) is 17.1. The number of anilines is 1. The zero-order valence-corrected chi connectivity index (χ0v) is 20.8. The monoisotopic (exact) mass is 476 g/mol. The number of aromatic nitrogens is 3. The third kappa shape index (κ3) is 6.06. The number of nitrogens with one attached hydrogen (secondary N) is 1. The Balaban J connectivity index is 1.50. The summed E-state index contributed by atoms with van der Waals surface area (Å²) in [6, 6.07) is 13.6. The Bertz CT molecular complexity index is 1180. The van der Waals surface area contributed by atoms with E-state index in [4.69, 9.17) is 4.98 Å². The molecule has 4 rings (SSSR count). The van der Waals surface area contributed by atoms with E-state index in [-0.39, 0.29) is 17.4 Å². The second-order valence-corrected chi connectivity index (χ2v) is 9.12. The first kappa shape index (κ1) is 24.9. The number of fused-ring (bicyclic) bond motifs is 1. The van der Waals surface area contributed by atoms with Gasteiger partial charge in [0.15, 0.2) is 11.5 Å². The maximum atomic E-state index is 13.6. The molecule has 8 nitrogen and oxygen atoms in total. The first-order valence-corrected chi connectivity index (χ1v) is 12.7. The first-order valence-electron chi connectivity index (χ1n) is 12.7. The summed E-state index contributed by atoms with van der Waals surface area (Å²) in [6.45, 7) is 9.66. The largest absolute Gasteiger partial charge is 0.356 e. The van der Waals surface area contributed by atoms with Gasteiger partial charge in [-0.05, 0) is 56.6 Å². The van der Waals surface area contributed by atoms with Crippen molar-refractivity contribution in [2.24, 2.45) is 5.92 Å². The van der Waals surface area contributed by atoms with Crippen LogP contribution in [0.2, 0.25) is 0 Å². The molecule has 0 radical (unpaired) electrons. The van der Waals surface area contributed by atoms with Gasteiger partial charge in [-0.25, -0.2) is 9.97 Å². The molecule has 1 aliphatic heterocycles. The van der Waals surface area contributed by atoms with Gasteiger partial charge in [0.05, 0.1) is 12.5 Å². The Morgan fingerprint density at radius 3 is 2.71 bits per heavy atom. The zero-order chi connectivity index (χ0) is 24.6. The van der Waals surface area contributed by atoms with Crippen molar-refractivity contribution in [1.82, 2.24) is 24.8 Å². The lowest BCUT2D eigenvalue weighted by Gasteiger charge is -2.32. The topological polar surface area (TPSA) is 83.4 Å². The highest BCUT2D eigenvalue weighted by Crippen LogP contribution is 2.22. The Kier molecular flexibility index (Phi) is 8.47. The molecule has 186 valence electrons. The van der Waals surface area contributed by atoms with Crippen molar-refractivity contribution in [2.45, 2.75) is 39.7 Å². The van der Waals surface area contributed by atoms with Gasteiger partial charge in [-0.15, -0.1) is 0 Å². The summed E-state index contributed by atoms with van der Waals surface area (Å²) < 4.78 is 1.70. The van der Waals surface area contributed by atoms with Gasteiger partial charge in [0.25, 0.3) is 5.56 Å². The van der Waals surface area contributed by atoms with Gasteiger partial charge in [-0.3, -0.25) is 14.2 Å². The Morgan fingerprint density at radius 2 is 1.94 bits per heavy atom. The molecule has 1 aliphatic rings. The number of pyridine rings is 1. The molecule has 8 heteroatoms. The minimum absolute atomic E-state index is 0.0707. The fourth-order valence-corrected chi connectivity index (χ4v) is 4.76. The lowest BCUT2D eigenvalue weighted by molar-refractivity contribution is -0.125. The summed E-state index contributed by atoms with van der Waals surface area (Å²) in [4.78, 5) is 40.0. The van der Waals surface area contributed by atoms with Crippen LogP contribution in [0.15, 0.2) is 53.5 Å². The average molecular weight is 477 g/mol. The molecule has 3 heterocycles. The number of carbonyl (C=O) groups is 1. The molecule has 0 aliphatic carbocycles. The van der Waals surface area contributed by atoms with Crippen LogP contribution in [0, 0.1) is 5.92 Å². The molecule has 1 atom stereocenters. The molecule has 35 heavy (non-hydrogen) atoms. The van der Waals surface area contributed by atoms with Crippen LogP contribution in [-0.2, 0) is 11.3 Å². The zero-order valence-electron chi connectivity index (χ0n) is 20.8. The summed E-state index contributed by atoms with van der Waals surface area (Å²) in [5.41, 5.74) is 2.12. The lowest BCUT2D eigenvalue weighted by Crippen LogP contribution is -2.46. The van der Waals surface area contributed by atoms with Crippen LogP contribution in [0.1, 0.15) is 38.7 Å². The number of piperidine rings is 1. The molecule has 1 saturated heterocycles. The van der Waals surface area contributed by atoms with Crippen molar-refractivity contribution in [2.75, 3.05) is 44.2 Å². The van der Waals surface area contributed by atoms with Gasteiger partial charge < -0.3 is 15.1 Å². The van der Waals surface area contributed by atoms with Gasteiger partial charge in [0, 0.05) is 25.8 Å². The maximum absolute atomic E-state index is 13.6. The summed E-state index contributed by atoms with van der Waals surface area (Å²) in [5, 5.41) is 3.11. The van der Waals surface area contributed by atoms with Crippen LogP contribution >= 0.6 is 0 Å². The van der Waals surface area contributed by atoms with Crippen LogP contribution in [0.25, 0.3) is 11.2 Å². The van der Waals surface area contributed by atoms with E-state index < -0.39 is 0 Å². The molecule has 1 aromatic carbocycles. The molecule has 0 bridgehead atoms. The van der Waals surface area contributed by atoms with Crippen LogP contribution < -0.4 is 15.8 Å². The standard InChI is InChI=1S/C27H36N6O2/c1-3-31(4-2)17-10-16-29-26(34)22-13-9-18-32(20-22)25-27(35)33(19-21-11-6-5-7-12-21)24-23(30-25)14-8-15-28-24/h5-8,11-12,14-15,22H,3-4,9-10,13,16-20H2,1-2H3,(H,29,34)/t22-/m0/s1. The summed E-state index contributed by atoms with van der Waals surface area (Å²) in [7, 11) is 0. The highest BCUT2D eigenvalue weighted by Gasteiger charge is 2.28. The van der Waals surface area contributed by atoms with E-state index in [2.05, 4.69) is 29.0 Å². The van der Waals surface area contributed by atoms with Gasteiger partial charge in [0.2, 0.25) is 5.91 Å². The smallest absolute Gasteiger partial charge is 0.295 e. The number of hydrogen-bond donors (Lipinski definition) is 1. The number of carbonyl (C=O) groups excluding carboxylic acids is 1. The van der Waals surface area contributed by atoms with Gasteiger partial charge in [-0.2, -0.15) is 0 Å². The fourth-order valence-electron chi connectivity index (χ4n) is 4.76. The van der Waals surface area contributed by atoms with Gasteiger partial charge in [0.1, 0.15) is 5.52 Å². The van der Waals surface area contributed by atoms with E-state index >= 15 is 0 Å². The summed E-state index contributed by atoms with van der Waals surface area (Å²) in [6.07, 6.45) is 4.30. The number of amides is 1. The normalized spacial score (nSPS) is 16.1. The van der Waals surface area contributed by atoms with E-state index in [1.54, 1.807) is 10.8 Å². The predicted molar refractivity (Wildman–Crippen MR) is 140 cm³/mol. The van der Waals surface area contributed by atoms with Crippen molar-refractivity contribution < 1.29 is 4.79 Å². The molecular formula is C27H36N6O2. The minimum Gasteiger partial charge on any atom is -0.356 e. The van der Waals surface area contributed by atoms with E-state index in [0.29, 0.717) is 43.2 Å². The van der Waals surface area contributed by atoms with E-state index in [1.165, 1.54) is 0 Å². The number of nitrogens with zero attached hydrogens (tertiary/aromatic N) is 5. The molecule has 0 saturated carbocycles. The van der Waals surface area contributed by atoms with Crippen molar-refractivity contribution in [3.63, 3.8) is 0 Å². The third-order valence-electron chi connectivity index (χ3n) is 6.80. The molecule has 1 N–H and O–H groups in total. The number of rotatable bonds is 10. The summed E-state index contributed by atoms with van der Waals surface area (Å²) in [5.74, 6) is 0.326. The number of hydrogen-bond acceptors (Lipinski definition) is 6. The molecular weight excluding hydrogens is 440 g/mol. The van der Waals surface area contributed by atoms with Crippen molar-refractivity contribution in [3.8, 4) is 0 Å². The maximum Gasteiger partial charge on any atom is 0.295 e. The van der Waals surface area contributed by atoms with Crippen molar-refractivity contribution >= 4 is 22.9 Å². The van der Waals surface area contributed by atoms with Gasteiger partial charge in [-0.1, -0.05) is 44.2 Å². The van der Waals surface area contributed by atoms with E-state index in [0.717, 1.165) is 44.5 Å². The molecule has 0 unspecified atom stereocenters. The van der Waals surface area contributed by atoms with Crippen molar-refractivity contribution in [1.29, 1.82) is 0 Å². The van der Waals surface area contributed by atoms with E-state index in [9.17, 15) is 9.59 Å². The van der Waals surface area contributed by atoms with Crippen molar-refractivity contribution in [3.05, 3.63) is 64.6 Å². The lowest BCUT2D eigenvalue weighted by atomic mass is 9.97. The molecule has 1 fully saturated rings. The minimum atomic E-state index is -0.166. The average Bonchev–Trinajstić information content (AvgIpc) is 2.90. The summed E-state index contributed by atoms with van der Waals surface area (Å²) >= 11 is 0. The molecule has 3 aromatic rings. The van der Waals surface area contributed by atoms with Gasteiger partial charge >= 0.3 is 0 Å². The van der Waals surface area contributed by atoms with E-state index in [1.807, 2.05) is 47.4 Å². The molecule has 0 spiro atoms. The number of benzene rings is 1. The predicted octanol–water partition coefficient (Wildman–Crippen LogP) is 2.90. The van der Waals surface area contributed by atoms with Crippen LogP contribution in [0.3, 0.4) is 0 Å². The van der Waals surface area contributed by atoms with Crippen LogP contribution in [-0.4, -0.2) is 64.6 Å². The fraction of sp³-hybridized carbons (Fsp3) is 0.481. The quantitative estimate of drug-likeness (QED) is 0.453. The highest BCUT2D eigenvalue weighted by molar-refractivity contribution is 5.79. The molecule has 2 aromatic heterocycles. The Hall–Kier alpha value is -3.26. The SMILES string of the molecule is CCN(CC)CCCNC(=O)[C@H]1CCCN(c2nc3cccnc3n(Cc3ccccc3)c2=O)C1. The Morgan fingerprint density at radius 1 is 1.14 bits per heavy atom. The third-order valence-corrected chi connectivity index (χ3v) is 6.80. The second kappa shape index (κ2) is 11.9. The van der Waals surface area contributed by atoms with Crippen LogP contribution in [0.5, 0.6) is 0 Å².